The van der Waals surface area contributed by atoms with Crippen LogP contribution in [0.3, 0.4) is 0 Å². The summed E-state index contributed by atoms with van der Waals surface area (Å²) < 4.78 is 5.41. The second-order valence-corrected chi connectivity index (χ2v) is 7.49. The minimum Gasteiger partial charge on any atom is -0.494 e. The standard InChI is InChI=1S/C23H21N5O2S/c1-3-30-18-11-9-17(10-12-18)26-21(29)19-13-24-22(25-15(19)2)28-23-27-20(14-31-23)16-7-5-4-6-8-16/h4-14H,3H2,1-2H3,(H,26,29)(H,24,25,27,28). The van der Waals surface area contributed by atoms with Crippen LogP contribution in [0.25, 0.3) is 11.3 Å². The Morgan fingerprint density at radius 1 is 1.06 bits per heavy atom. The van der Waals surface area contributed by atoms with E-state index in [9.17, 15) is 4.79 Å². The first-order chi connectivity index (χ1) is 15.1. The Kier molecular flexibility index (Phi) is 6.18. The van der Waals surface area contributed by atoms with Gasteiger partial charge < -0.3 is 15.4 Å². The van der Waals surface area contributed by atoms with Gasteiger partial charge in [0.25, 0.3) is 5.91 Å². The first kappa shape index (κ1) is 20.5. The van der Waals surface area contributed by atoms with Crippen molar-refractivity contribution >= 4 is 34.0 Å². The number of rotatable bonds is 7. The van der Waals surface area contributed by atoms with Crippen molar-refractivity contribution in [1.29, 1.82) is 0 Å². The largest absolute Gasteiger partial charge is 0.494 e. The number of ether oxygens (including phenoxy) is 1. The lowest BCUT2D eigenvalue weighted by atomic mass is 10.2. The average Bonchev–Trinajstić information content (AvgIpc) is 3.24. The third-order valence-electron chi connectivity index (χ3n) is 4.44. The van der Waals surface area contributed by atoms with Crippen molar-refractivity contribution in [2.75, 3.05) is 17.2 Å². The van der Waals surface area contributed by atoms with Gasteiger partial charge in [0.15, 0.2) is 5.13 Å². The minimum absolute atomic E-state index is 0.270. The van der Waals surface area contributed by atoms with Crippen molar-refractivity contribution in [2.24, 2.45) is 0 Å². The lowest BCUT2D eigenvalue weighted by Crippen LogP contribution is -2.15. The molecule has 156 valence electrons. The summed E-state index contributed by atoms with van der Waals surface area (Å²) in [4.78, 5) is 25.9. The number of anilines is 3. The molecular weight excluding hydrogens is 410 g/mol. The zero-order chi connectivity index (χ0) is 21.6. The van der Waals surface area contributed by atoms with Gasteiger partial charge >= 0.3 is 0 Å². The fourth-order valence-electron chi connectivity index (χ4n) is 2.92. The summed E-state index contributed by atoms with van der Waals surface area (Å²) in [6.45, 7) is 4.29. The normalized spacial score (nSPS) is 10.5. The molecule has 4 aromatic rings. The van der Waals surface area contributed by atoms with Crippen LogP contribution < -0.4 is 15.4 Å². The molecule has 0 saturated carbocycles. The van der Waals surface area contributed by atoms with Gasteiger partial charge in [-0.25, -0.2) is 15.0 Å². The maximum atomic E-state index is 12.6. The number of amides is 1. The number of hydrogen-bond acceptors (Lipinski definition) is 7. The maximum Gasteiger partial charge on any atom is 0.259 e. The van der Waals surface area contributed by atoms with Crippen LogP contribution in [-0.2, 0) is 0 Å². The molecule has 0 unspecified atom stereocenters. The number of carbonyl (C=O) groups is 1. The number of aromatic nitrogens is 3. The topological polar surface area (TPSA) is 89.0 Å². The molecule has 2 aromatic carbocycles. The lowest BCUT2D eigenvalue weighted by Gasteiger charge is -2.09. The summed E-state index contributed by atoms with van der Waals surface area (Å²) in [6.07, 6.45) is 1.51. The average molecular weight is 432 g/mol. The van der Waals surface area contributed by atoms with E-state index in [0.29, 0.717) is 34.6 Å². The quantitative estimate of drug-likeness (QED) is 0.413. The van der Waals surface area contributed by atoms with Gasteiger partial charge in [0.1, 0.15) is 5.75 Å². The molecule has 0 aliphatic heterocycles. The molecule has 0 saturated heterocycles. The van der Waals surface area contributed by atoms with Gasteiger partial charge in [0, 0.05) is 22.8 Å². The van der Waals surface area contributed by atoms with Gasteiger partial charge in [0.2, 0.25) is 5.95 Å². The van der Waals surface area contributed by atoms with Gasteiger partial charge in [-0.2, -0.15) is 0 Å². The number of carbonyl (C=O) groups excluding carboxylic acids is 1. The Morgan fingerprint density at radius 3 is 2.55 bits per heavy atom. The molecule has 0 bridgehead atoms. The minimum atomic E-state index is -0.270. The van der Waals surface area contributed by atoms with Crippen LogP contribution in [0.5, 0.6) is 5.75 Å². The van der Waals surface area contributed by atoms with Crippen molar-refractivity contribution in [2.45, 2.75) is 13.8 Å². The highest BCUT2D eigenvalue weighted by atomic mass is 32.1. The van der Waals surface area contributed by atoms with Gasteiger partial charge in [-0.15, -0.1) is 11.3 Å². The van der Waals surface area contributed by atoms with Crippen LogP contribution in [0.15, 0.2) is 66.2 Å². The van der Waals surface area contributed by atoms with Gasteiger partial charge in [0.05, 0.1) is 23.6 Å². The molecule has 0 spiro atoms. The molecule has 7 nitrogen and oxygen atoms in total. The number of nitrogens with zero attached hydrogens (tertiary/aromatic N) is 3. The van der Waals surface area contributed by atoms with Crippen LogP contribution in [0.1, 0.15) is 23.0 Å². The smallest absolute Gasteiger partial charge is 0.259 e. The molecule has 31 heavy (non-hydrogen) atoms. The number of hydrogen-bond donors (Lipinski definition) is 2. The second kappa shape index (κ2) is 9.36. The van der Waals surface area contributed by atoms with Gasteiger partial charge in [-0.3, -0.25) is 4.79 Å². The number of thiazole rings is 1. The predicted octanol–water partition coefficient (Wildman–Crippen LogP) is 5.30. The van der Waals surface area contributed by atoms with Crippen LogP contribution in [0.2, 0.25) is 0 Å². The fourth-order valence-corrected chi connectivity index (χ4v) is 3.63. The summed E-state index contributed by atoms with van der Waals surface area (Å²) in [6, 6.07) is 17.2. The molecule has 2 aromatic heterocycles. The predicted molar refractivity (Wildman–Crippen MR) is 123 cm³/mol. The molecule has 2 N–H and O–H groups in total. The molecule has 1 amide bonds. The van der Waals surface area contributed by atoms with E-state index in [-0.39, 0.29) is 5.91 Å². The molecule has 0 atom stereocenters. The third-order valence-corrected chi connectivity index (χ3v) is 5.20. The zero-order valence-corrected chi connectivity index (χ0v) is 17.9. The van der Waals surface area contributed by atoms with E-state index in [1.165, 1.54) is 17.5 Å². The van der Waals surface area contributed by atoms with E-state index in [1.807, 2.05) is 54.8 Å². The SMILES string of the molecule is CCOc1ccc(NC(=O)c2cnc(Nc3nc(-c4ccccc4)cs3)nc2C)cc1. The number of nitrogens with one attached hydrogen (secondary N) is 2. The van der Waals surface area contributed by atoms with E-state index in [0.717, 1.165) is 17.0 Å². The number of aryl methyl sites for hydroxylation is 1. The summed E-state index contributed by atoms with van der Waals surface area (Å²) in [5, 5.41) is 8.62. The summed E-state index contributed by atoms with van der Waals surface area (Å²) in [5.41, 5.74) is 3.58. The Morgan fingerprint density at radius 2 is 1.84 bits per heavy atom. The maximum absolute atomic E-state index is 12.6. The molecule has 0 radical (unpaired) electrons. The molecule has 0 aliphatic rings. The zero-order valence-electron chi connectivity index (χ0n) is 17.1. The number of benzene rings is 2. The van der Waals surface area contributed by atoms with E-state index in [2.05, 4.69) is 25.6 Å². The molecular formula is C23H21N5O2S. The molecule has 8 heteroatoms. The Bertz CT molecular complexity index is 1180. The monoisotopic (exact) mass is 431 g/mol. The van der Waals surface area contributed by atoms with Gasteiger partial charge in [-0.05, 0) is 38.1 Å². The van der Waals surface area contributed by atoms with Crippen LogP contribution >= 0.6 is 11.3 Å². The van der Waals surface area contributed by atoms with Crippen LogP contribution in [0, 0.1) is 6.92 Å². The van der Waals surface area contributed by atoms with Crippen molar-refractivity contribution in [1.82, 2.24) is 15.0 Å². The molecule has 2 heterocycles. The van der Waals surface area contributed by atoms with Crippen molar-refractivity contribution in [3.05, 3.63) is 77.4 Å². The van der Waals surface area contributed by atoms with Crippen molar-refractivity contribution < 1.29 is 9.53 Å². The highest BCUT2D eigenvalue weighted by Gasteiger charge is 2.13. The lowest BCUT2D eigenvalue weighted by molar-refractivity contribution is 0.102. The highest BCUT2D eigenvalue weighted by molar-refractivity contribution is 7.14. The molecule has 0 aliphatic carbocycles. The van der Waals surface area contributed by atoms with Crippen LogP contribution in [0.4, 0.5) is 16.8 Å². The van der Waals surface area contributed by atoms with Crippen molar-refractivity contribution in [3.8, 4) is 17.0 Å². The summed E-state index contributed by atoms with van der Waals surface area (Å²) in [7, 11) is 0. The summed E-state index contributed by atoms with van der Waals surface area (Å²) >= 11 is 1.47. The highest BCUT2D eigenvalue weighted by Crippen LogP contribution is 2.26. The Hall–Kier alpha value is -3.78. The third kappa shape index (κ3) is 5.04. The summed E-state index contributed by atoms with van der Waals surface area (Å²) in [5.74, 6) is 0.881. The first-order valence-corrected chi connectivity index (χ1v) is 10.7. The van der Waals surface area contributed by atoms with E-state index in [1.54, 1.807) is 19.1 Å². The molecule has 0 fully saturated rings. The first-order valence-electron chi connectivity index (χ1n) is 9.78. The van der Waals surface area contributed by atoms with Crippen LogP contribution in [-0.4, -0.2) is 27.5 Å². The van der Waals surface area contributed by atoms with E-state index in [4.69, 9.17) is 4.74 Å². The Balaban J connectivity index is 1.43. The van der Waals surface area contributed by atoms with Crippen molar-refractivity contribution in [3.63, 3.8) is 0 Å². The van der Waals surface area contributed by atoms with E-state index >= 15 is 0 Å². The fraction of sp³-hybridized carbons (Fsp3) is 0.130. The van der Waals surface area contributed by atoms with Gasteiger partial charge in [-0.1, -0.05) is 30.3 Å². The Labute approximate surface area is 184 Å². The molecule has 4 rings (SSSR count). The van der Waals surface area contributed by atoms with E-state index < -0.39 is 0 Å². The second-order valence-electron chi connectivity index (χ2n) is 6.63.